The molecule has 0 saturated heterocycles. The Morgan fingerprint density at radius 3 is 2.75 bits per heavy atom. The number of hydrogen-bond acceptors (Lipinski definition) is 6. The number of rotatable bonds is 9. The van der Waals surface area contributed by atoms with Crippen LogP contribution in [0.2, 0.25) is 0 Å². The molecule has 0 aliphatic carbocycles. The van der Waals surface area contributed by atoms with Crippen LogP contribution in [-0.4, -0.2) is 39.9 Å². The summed E-state index contributed by atoms with van der Waals surface area (Å²) in [7, 11) is -2.99. The highest BCUT2D eigenvalue weighted by Crippen LogP contribution is 2.27. The third-order valence-corrected chi connectivity index (χ3v) is 7.00. The zero-order valence-corrected chi connectivity index (χ0v) is 15.9. The molecule has 0 atom stereocenters. The lowest BCUT2D eigenvalue weighted by atomic mass is 10.2. The first kappa shape index (κ1) is 18.8. The molecule has 0 bridgehead atoms. The number of aryl methyl sites for hydroxylation is 1. The first-order valence-corrected chi connectivity index (χ1v) is 10.5. The van der Waals surface area contributed by atoms with Gasteiger partial charge in [-0.3, -0.25) is 4.57 Å². The van der Waals surface area contributed by atoms with Crippen molar-refractivity contribution in [3.8, 4) is 11.4 Å². The lowest BCUT2D eigenvalue weighted by Crippen LogP contribution is -2.18. The van der Waals surface area contributed by atoms with E-state index in [0.717, 1.165) is 22.3 Å². The van der Waals surface area contributed by atoms with Gasteiger partial charge in [0.25, 0.3) is 0 Å². The van der Waals surface area contributed by atoms with Gasteiger partial charge in [0.1, 0.15) is 5.76 Å². The fourth-order valence-electron chi connectivity index (χ4n) is 2.16. The summed E-state index contributed by atoms with van der Waals surface area (Å²) in [5, 5.41) is 8.92. The number of allylic oxidation sites excluding steroid dienone is 1. The van der Waals surface area contributed by atoms with Gasteiger partial charge in [-0.1, -0.05) is 17.8 Å². The fraction of sp³-hybridized carbons (Fsp3) is 0.500. The Morgan fingerprint density at radius 2 is 2.17 bits per heavy atom. The summed E-state index contributed by atoms with van der Waals surface area (Å²) < 4.78 is 31.0. The van der Waals surface area contributed by atoms with E-state index in [1.54, 1.807) is 26.2 Å². The standard InChI is InChI=1S/C16H23N3O3S2/c1-5-8-19-15(14-7-9-22-13(14)4)17-18-16(19)23-10-6-11-24(20,21)12(2)3/h5,7,9,12H,1,6,8,10-11H2,2-4H3. The van der Waals surface area contributed by atoms with Gasteiger partial charge >= 0.3 is 0 Å². The van der Waals surface area contributed by atoms with Crippen LogP contribution < -0.4 is 0 Å². The van der Waals surface area contributed by atoms with Crippen molar-refractivity contribution in [3.63, 3.8) is 0 Å². The van der Waals surface area contributed by atoms with E-state index in [9.17, 15) is 8.42 Å². The first-order valence-electron chi connectivity index (χ1n) is 7.79. The van der Waals surface area contributed by atoms with Crippen molar-refractivity contribution in [2.75, 3.05) is 11.5 Å². The highest BCUT2D eigenvalue weighted by molar-refractivity contribution is 7.99. The third-order valence-electron chi connectivity index (χ3n) is 3.65. The molecule has 0 amide bonds. The predicted octanol–water partition coefficient (Wildman–Crippen LogP) is 3.34. The largest absolute Gasteiger partial charge is 0.469 e. The minimum atomic E-state index is -2.99. The van der Waals surface area contributed by atoms with E-state index in [2.05, 4.69) is 16.8 Å². The normalized spacial score (nSPS) is 12.0. The Bertz CT molecular complexity index is 791. The summed E-state index contributed by atoms with van der Waals surface area (Å²) in [4.78, 5) is 0. The predicted molar refractivity (Wildman–Crippen MR) is 96.9 cm³/mol. The van der Waals surface area contributed by atoms with Crippen LogP contribution >= 0.6 is 11.8 Å². The zero-order valence-electron chi connectivity index (χ0n) is 14.2. The summed E-state index contributed by atoms with van der Waals surface area (Å²) in [6, 6.07) is 1.86. The van der Waals surface area contributed by atoms with Gasteiger partial charge < -0.3 is 4.42 Å². The average molecular weight is 370 g/mol. The lowest BCUT2D eigenvalue weighted by Gasteiger charge is -2.08. The van der Waals surface area contributed by atoms with Gasteiger partial charge in [0.2, 0.25) is 0 Å². The van der Waals surface area contributed by atoms with Crippen LogP contribution in [0.1, 0.15) is 26.0 Å². The van der Waals surface area contributed by atoms with Crippen LogP contribution in [0, 0.1) is 6.92 Å². The SMILES string of the molecule is C=CCn1c(SCCCS(=O)(=O)C(C)C)nnc1-c1ccoc1C. The molecule has 0 unspecified atom stereocenters. The molecule has 0 aliphatic rings. The molecule has 0 N–H and O–H groups in total. The van der Waals surface area contributed by atoms with Gasteiger partial charge in [-0.2, -0.15) is 0 Å². The number of furan rings is 1. The van der Waals surface area contributed by atoms with Crippen molar-refractivity contribution in [2.24, 2.45) is 0 Å². The molecule has 6 nitrogen and oxygen atoms in total. The quantitative estimate of drug-likeness (QED) is 0.383. The highest BCUT2D eigenvalue weighted by Gasteiger charge is 2.18. The number of nitrogens with zero attached hydrogens (tertiary/aromatic N) is 3. The highest BCUT2D eigenvalue weighted by atomic mass is 32.2. The third kappa shape index (κ3) is 4.30. The second-order valence-corrected chi connectivity index (χ2v) is 9.45. The number of aromatic nitrogens is 3. The van der Waals surface area contributed by atoms with Crippen LogP contribution in [0.4, 0.5) is 0 Å². The van der Waals surface area contributed by atoms with Crippen molar-refractivity contribution in [3.05, 3.63) is 30.7 Å². The monoisotopic (exact) mass is 369 g/mol. The van der Waals surface area contributed by atoms with Crippen molar-refractivity contribution in [1.82, 2.24) is 14.8 Å². The summed E-state index contributed by atoms with van der Waals surface area (Å²) in [6.45, 7) is 9.67. The maximum absolute atomic E-state index is 11.8. The van der Waals surface area contributed by atoms with Gasteiger partial charge in [-0.25, -0.2) is 8.42 Å². The van der Waals surface area contributed by atoms with Gasteiger partial charge in [0.15, 0.2) is 20.8 Å². The molecule has 132 valence electrons. The Hall–Kier alpha value is -1.54. The number of hydrogen-bond donors (Lipinski definition) is 0. The average Bonchev–Trinajstić information content (AvgIpc) is 3.10. The Balaban J connectivity index is 2.07. The summed E-state index contributed by atoms with van der Waals surface area (Å²) in [5.41, 5.74) is 0.901. The van der Waals surface area contributed by atoms with Crippen molar-refractivity contribution < 1.29 is 12.8 Å². The maximum Gasteiger partial charge on any atom is 0.191 e. The van der Waals surface area contributed by atoms with Crippen LogP contribution in [0.15, 0.2) is 34.6 Å². The fourth-order valence-corrected chi connectivity index (χ4v) is 4.25. The minimum absolute atomic E-state index is 0.195. The van der Waals surface area contributed by atoms with Crippen LogP contribution in [0.3, 0.4) is 0 Å². The van der Waals surface area contributed by atoms with E-state index in [0.29, 0.717) is 18.7 Å². The molecule has 0 spiro atoms. The van der Waals surface area contributed by atoms with Crippen molar-refractivity contribution in [1.29, 1.82) is 0 Å². The van der Waals surface area contributed by atoms with Crippen LogP contribution in [0.5, 0.6) is 0 Å². The van der Waals surface area contributed by atoms with Gasteiger partial charge in [-0.05, 0) is 33.3 Å². The molecule has 8 heteroatoms. The Morgan fingerprint density at radius 1 is 1.42 bits per heavy atom. The van der Waals surface area contributed by atoms with Crippen LogP contribution in [0.25, 0.3) is 11.4 Å². The molecular weight excluding hydrogens is 346 g/mol. The lowest BCUT2D eigenvalue weighted by molar-refractivity contribution is 0.534. The molecule has 0 aliphatic heterocycles. The summed E-state index contributed by atoms with van der Waals surface area (Å²) in [6.07, 6.45) is 4.00. The molecule has 2 heterocycles. The zero-order chi connectivity index (χ0) is 17.7. The summed E-state index contributed by atoms with van der Waals surface area (Å²) >= 11 is 1.51. The topological polar surface area (TPSA) is 78.0 Å². The summed E-state index contributed by atoms with van der Waals surface area (Å²) in [5.74, 6) is 2.39. The molecule has 2 aromatic rings. The first-order chi connectivity index (χ1) is 11.4. The van der Waals surface area contributed by atoms with Gasteiger partial charge in [-0.15, -0.1) is 16.8 Å². The van der Waals surface area contributed by atoms with E-state index in [-0.39, 0.29) is 11.0 Å². The van der Waals surface area contributed by atoms with E-state index in [4.69, 9.17) is 4.42 Å². The molecule has 24 heavy (non-hydrogen) atoms. The van der Waals surface area contributed by atoms with E-state index in [1.165, 1.54) is 11.8 Å². The minimum Gasteiger partial charge on any atom is -0.469 e. The Labute approximate surface area is 147 Å². The van der Waals surface area contributed by atoms with Crippen molar-refractivity contribution in [2.45, 2.75) is 44.1 Å². The molecule has 0 saturated carbocycles. The molecule has 2 rings (SSSR count). The van der Waals surface area contributed by atoms with Crippen molar-refractivity contribution >= 4 is 21.6 Å². The second kappa shape index (κ2) is 8.02. The molecule has 0 radical (unpaired) electrons. The van der Waals surface area contributed by atoms with E-state index >= 15 is 0 Å². The molecule has 0 aromatic carbocycles. The van der Waals surface area contributed by atoms with Crippen LogP contribution in [-0.2, 0) is 16.4 Å². The molecule has 0 fully saturated rings. The number of sulfone groups is 1. The van der Waals surface area contributed by atoms with Gasteiger partial charge in [0, 0.05) is 12.3 Å². The Kier molecular flexibility index (Phi) is 6.28. The second-order valence-electron chi connectivity index (χ2n) is 5.71. The maximum atomic E-state index is 11.8. The smallest absolute Gasteiger partial charge is 0.191 e. The molecular formula is C16H23N3O3S2. The molecule has 2 aromatic heterocycles. The van der Waals surface area contributed by atoms with E-state index < -0.39 is 9.84 Å². The number of thioether (sulfide) groups is 1. The van der Waals surface area contributed by atoms with E-state index in [1.807, 2.05) is 17.6 Å². The van der Waals surface area contributed by atoms with Gasteiger partial charge in [0.05, 0.1) is 22.8 Å².